The fourth-order valence-corrected chi connectivity index (χ4v) is 6.11. The number of esters is 1. The maximum atomic E-state index is 13.1. The summed E-state index contributed by atoms with van der Waals surface area (Å²) < 4.78 is 85.8. The zero-order chi connectivity index (χ0) is 20.3. The van der Waals surface area contributed by atoms with E-state index in [1.165, 1.54) is 0 Å². The summed E-state index contributed by atoms with van der Waals surface area (Å²) in [5, 5.41) is 0. The van der Waals surface area contributed by atoms with E-state index in [1.54, 1.807) is 0 Å². The maximum Gasteiger partial charge on any atom is 0.426 e. The van der Waals surface area contributed by atoms with Crippen LogP contribution in [-0.2, 0) is 29.1 Å². The highest BCUT2D eigenvalue weighted by Gasteiger charge is 2.58. The van der Waals surface area contributed by atoms with E-state index in [1.807, 2.05) is 0 Å². The molecule has 1 heterocycles. The number of halogens is 3. The summed E-state index contributed by atoms with van der Waals surface area (Å²) in [6, 6.07) is 0. The molecule has 0 aromatic carbocycles. The second-order valence-corrected chi connectivity index (χ2v) is 9.98. The second-order valence-electron chi connectivity index (χ2n) is 8.49. The lowest BCUT2D eigenvalue weighted by Crippen LogP contribution is -2.57. The van der Waals surface area contributed by atoms with Crippen LogP contribution in [0, 0.1) is 29.6 Å². The Bertz CT molecular complexity index is 721. The minimum absolute atomic E-state index is 0.0481. The smallest absolute Gasteiger partial charge is 0.426 e. The standard InChI is InChI=1S/C17H23F3O7S/c18-17(19,20)13(7-28(22,23)24)27-16(21)14-9-1-8-2-10(4-9)15(12(14)3-8)26-6-11-5-25-11/h8-15H,1-7H2,(H,22,23,24). The molecular weight excluding hydrogens is 405 g/mol. The topological polar surface area (TPSA) is 102 Å². The molecule has 28 heavy (non-hydrogen) atoms. The molecule has 0 aromatic rings. The van der Waals surface area contributed by atoms with Gasteiger partial charge in [-0.25, -0.2) is 0 Å². The van der Waals surface area contributed by atoms with Gasteiger partial charge in [0.05, 0.1) is 25.2 Å². The average Bonchev–Trinajstić information content (AvgIpc) is 3.35. The zero-order valence-electron chi connectivity index (χ0n) is 15.0. The fourth-order valence-electron chi connectivity index (χ4n) is 5.47. The van der Waals surface area contributed by atoms with Gasteiger partial charge in [-0.15, -0.1) is 0 Å². The van der Waals surface area contributed by atoms with E-state index in [2.05, 4.69) is 4.74 Å². The molecule has 1 saturated heterocycles. The van der Waals surface area contributed by atoms with Crippen molar-refractivity contribution in [2.45, 2.75) is 50.2 Å². The second kappa shape index (κ2) is 7.10. The maximum absolute atomic E-state index is 13.1. The molecule has 0 aromatic heterocycles. The van der Waals surface area contributed by atoms with E-state index < -0.39 is 40.0 Å². The number of alkyl halides is 3. The molecule has 1 N–H and O–H groups in total. The van der Waals surface area contributed by atoms with Crippen LogP contribution in [-0.4, -0.2) is 62.4 Å². The molecule has 8 unspecified atom stereocenters. The normalized spacial score (nSPS) is 40.4. The van der Waals surface area contributed by atoms with Crippen molar-refractivity contribution in [3.05, 3.63) is 0 Å². The third-order valence-corrected chi connectivity index (χ3v) is 7.20. The summed E-state index contributed by atoms with van der Waals surface area (Å²) in [5.41, 5.74) is 0. The molecule has 4 bridgehead atoms. The SMILES string of the molecule is O=C(OC(CS(=O)(=O)O)C(F)(F)F)C1C2CC3CC(C2)C(OCC2CO2)C1C3. The van der Waals surface area contributed by atoms with Crippen LogP contribution in [0.25, 0.3) is 0 Å². The number of epoxide rings is 1. The number of hydrogen-bond donors (Lipinski definition) is 1. The molecule has 0 amide bonds. The van der Waals surface area contributed by atoms with Crippen molar-refractivity contribution in [3.63, 3.8) is 0 Å². The van der Waals surface area contributed by atoms with Crippen molar-refractivity contribution in [2.24, 2.45) is 29.6 Å². The van der Waals surface area contributed by atoms with Crippen LogP contribution >= 0.6 is 0 Å². The van der Waals surface area contributed by atoms with Gasteiger partial charge in [0.25, 0.3) is 10.1 Å². The number of hydrogen-bond acceptors (Lipinski definition) is 6. The summed E-state index contributed by atoms with van der Waals surface area (Å²) >= 11 is 0. The summed E-state index contributed by atoms with van der Waals surface area (Å²) in [5.74, 6) is -3.09. The molecule has 8 atom stereocenters. The Morgan fingerprint density at radius 3 is 2.46 bits per heavy atom. The molecule has 5 fully saturated rings. The monoisotopic (exact) mass is 428 g/mol. The fraction of sp³-hybridized carbons (Fsp3) is 0.941. The summed E-state index contributed by atoms with van der Waals surface area (Å²) in [6.07, 6.45) is -5.00. The molecule has 11 heteroatoms. The lowest BCUT2D eigenvalue weighted by Gasteiger charge is -2.57. The van der Waals surface area contributed by atoms with Gasteiger partial charge in [-0.2, -0.15) is 21.6 Å². The summed E-state index contributed by atoms with van der Waals surface area (Å²) in [6.45, 7) is 1.03. The van der Waals surface area contributed by atoms with E-state index in [9.17, 15) is 26.4 Å². The van der Waals surface area contributed by atoms with Crippen LogP contribution < -0.4 is 0 Å². The first kappa shape index (κ1) is 20.4. The molecule has 0 radical (unpaired) electrons. The van der Waals surface area contributed by atoms with Crippen LogP contribution in [0.4, 0.5) is 13.2 Å². The van der Waals surface area contributed by atoms with Gasteiger partial charge in [-0.3, -0.25) is 9.35 Å². The molecule has 5 rings (SSSR count). The molecular formula is C17H23F3O7S. The Morgan fingerprint density at radius 1 is 1.18 bits per heavy atom. The van der Waals surface area contributed by atoms with Crippen molar-refractivity contribution in [2.75, 3.05) is 19.0 Å². The first-order chi connectivity index (χ1) is 13.0. The lowest BCUT2D eigenvalue weighted by atomic mass is 9.50. The first-order valence-electron chi connectivity index (χ1n) is 9.47. The van der Waals surface area contributed by atoms with Crippen LogP contribution in [0.5, 0.6) is 0 Å². The molecule has 4 aliphatic carbocycles. The Morgan fingerprint density at radius 2 is 1.86 bits per heavy atom. The van der Waals surface area contributed by atoms with Gasteiger partial charge < -0.3 is 14.2 Å². The average molecular weight is 428 g/mol. The number of rotatable bonds is 7. The van der Waals surface area contributed by atoms with Gasteiger partial charge in [0.15, 0.2) is 0 Å². The van der Waals surface area contributed by atoms with Crippen molar-refractivity contribution < 1.29 is 45.1 Å². The van der Waals surface area contributed by atoms with Gasteiger partial charge in [0.1, 0.15) is 11.9 Å². The molecule has 5 aliphatic rings. The summed E-state index contributed by atoms with van der Waals surface area (Å²) in [7, 11) is -4.96. The van der Waals surface area contributed by atoms with E-state index in [-0.39, 0.29) is 30.0 Å². The van der Waals surface area contributed by atoms with Crippen molar-refractivity contribution in [1.82, 2.24) is 0 Å². The largest absolute Gasteiger partial charge is 0.451 e. The number of carbonyl (C=O) groups excluding carboxylic acids is 1. The highest BCUT2D eigenvalue weighted by atomic mass is 32.2. The minimum atomic E-state index is -5.09. The third-order valence-electron chi connectivity index (χ3n) is 6.47. The van der Waals surface area contributed by atoms with Crippen LogP contribution in [0.3, 0.4) is 0 Å². The van der Waals surface area contributed by atoms with Gasteiger partial charge in [0, 0.05) is 0 Å². The van der Waals surface area contributed by atoms with Crippen molar-refractivity contribution >= 4 is 16.1 Å². The molecule has 1 aliphatic heterocycles. The highest BCUT2D eigenvalue weighted by molar-refractivity contribution is 7.85. The van der Waals surface area contributed by atoms with Gasteiger partial charge in [-0.05, 0) is 49.4 Å². The zero-order valence-corrected chi connectivity index (χ0v) is 15.8. The molecule has 160 valence electrons. The molecule has 4 saturated carbocycles. The predicted molar refractivity (Wildman–Crippen MR) is 87.7 cm³/mol. The Balaban J connectivity index is 1.49. The Kier molecular flexibility index (Phi) is 5.17. The van der Waals surface area contributed by atoms with Crippen molar-refractivity contribution in [3.8, 4) is 0 Å². The van der Waals surface area contributed by atoms with Crippen LogP contribution in [0.15, 0.2) is 0 Å². The highest BCUT2D eigenvalue weighted by Crippen LogP contribution is 2.58. The van der Waals surface area contributed by atoms with Gasteiger partial charge in [-0.1, -0.05) is 0 Å². The quantitative estimate of drug-likeness (QED) is 0.375. The van der Waals surface area contributed by atoms with Crippen LogP contribution in [0.2, 0.25) is 0 Å². The van der Waals surface area contributed by atoms with Gasteiger partial charge in [0.2, 0.25) is 6.10 Å². The first-order valence-corrected chi connectivity index (χ1v) is 11.1. The van der Waals surface area contributed by atoms with Gasteiger partial charge >= 0.3 is 12.1 Å². The number of carbonyl (C=O) groups is 1. The minimum Gasteiger partial charge on any atom is -0.451 e. The number of ether oxygens (including phenoxy) is 3. The third kappa shape index (κ3) is 4.31. The van der Waals surface area contributed by atoms with E-state index in [0.29, 0.717) is 32.0 Å². The predicted octanol–water partition coefficient (Wildman–Crippen LogP) is 1.81. The van der Waals surface area contributed by atoms with E-state index in [0.717, 1.165) is 12.8 Å². The van der Waals surface area contributed by atoms with Crippen molar-refractivity contribution in [1.29, 1.82) is 0 Å². The van der Waals surface area contributed by atoms with Crippen LogP contribution in [0.1, 0.15) is 25.7 Å². The summed E-state index contributed by atoms with van der Waals surface area (Å²) in [4.78, 5) is 12.7. The van der Waals surface area contributed by atoms with E-state index in [4.69, 9.17) is 14.0 Å². The molecule has 0 spiro atoms. The van der Waals surface area contributed by atoms with E-state index >= 15 is 0 Å². The Hall–Kier alpha value is -0.910. The Labute approximate surface area is 160 Å². The molecule has 7 nitrogen and oxygen atoms in total. The lowest BCUT2D eigenvalue weighted by molar-refractivity contribution is -0.228.